The van der Waals surface area contributed by atoms with Crippen LogP contribution in [0.1, 0.15) is 51.9 Å². The molecule has 0 aromatic carbocycles. The topological polar surface area (TPSA) is 38.7 Å². The van der Waals surface area contributed by atoms with Gasteiger partial charge in [-0.3, -0.25) is 0 Å². The third-order valence-corrected chi connectivity index (χ3v) is 2.57. The quantitative estimate of drug-likeness (QED) is 0.395. The number of carbonyl (C=O) groups excluding carboxylic acids is 1. The van der Waals surface area contributed by atoms with Gasteiger partial charge in [0, 0.05) is 6.21 Å². The zero-order valence-corrected chi connectivity index (χ0v) is 8.87. The van der Waals surface area contributed by atoms with Crippen molar-refractivity contribution < 1.29 is 9.63 Å². The first-order chi connectivity index (χ1) is 6.84. The lowest BCUT2D eigenvalue weighted by Crippen LogP contribution is -2.18. The van der Waals surface area contributed by atoms with Gasteiger partial charge in [0.15, 0.2) is 0 Å². The molecule has 0 N–H and O–H groups in total. The second-order valence-electron chi connectivity index (χ2n) is 3.82. The molecule has 0 aliphatic heterocycles. The van der Waals surface area contributed by atoms with Crippen molar-refractivity contribution in [3.63, 3.8) is 0 Å². The molecule has 0 radical (unpaired) electrons. The molecule has 0 saturated heterocycles. The lowest BCUT2D eigenvalue weighted by atomic mass is 9.89. The molecular formula is C11H19NO2. The van der Waals surface area contributed by atoms with Crippen molar-refractivity contribution in [3.8, 4) is 0 Å². The molecule has 0 atom stereocenters. The molecular weight excluding hydrogens is 178 g/mol. The van der Waals surface area contributed by atoms with Crippen molar-refractivity contribution in [3.05, 3.63) is 0 Å². The minimum absolute atomic E-state index is 0.0996. The summed E-state index contributed by atoms with van der Waals surface area (Å²) in [5, 5.41) is 3.66. The molecule has 1 fully saturated rings. The van der Waals surface area contributed by atoms with E-state index in [0.29, 0.717) is 0 Å². The average molecular weight is 197 g/mol. The van der Waals surface area contributed by atoms with Gasteiger partial charge in [0.25, 0.3) is 0 Å². The summed E-state index contributed by atoms with van der Waals surface area (Å²) in [7, 11) is 0. The zero-order valence-electron chi connectivity index (χ0n) is 8.87. The van der Waals surface area contributed by atoms with Gasteiger partial charge in [-0.2, -0.15) is 0 Å². The first-order valence-electron chi connectivity index (χ1n) is 5.57. The summed E-state index contributed by atoms with van der Waals surface area (Å²) in [5.74, 6) is -0.0421. The van der Waals surface area contributed by atoms with E-state index in [2.05, 4.69) is 12.1 Å². The standard InChI is InChI=1S/C11H19NO2/c1-2-3-9-12-14-11(13)10-7-5-4-6-8-10/h9-10H,2-8H2,1H3. The maximum Gasteiger partial charge on any atom is 0.338 e. The molecule has 0 unspecified atom stereocenters. The molecule has 3 heteroatoms. The molecule has 0 aromatic rings. The van der Waals surface area contributed by atoms with E-state index in [9.17, 15) is 4.79 Å². The summed E-state index contributed by atoms with van der Waals surface area (Å²) in [6, 6.07) is 0. The van der Waals surface area contributed by atoms with Gasteiger partial charge in [-0.15, -0.1) is 0 Å². The van der Waals surface area contributed by atoms with Crippen LogP contribution in [0.5, 0.6) is 0 Å². The molecule has 0 bridgehead atoms. The lowest BCUT2D eigenvalue weighted by molar-refractivity contribution is -0.149. The van der Waals surface area contributed by atoms with Crippen LogP contribution in [0.25, 0.3) is 0 Å². The van der Waals surface area contributed by atoms with E-state index >= 15 is 0 Å². The maximum absolute atomic E-state index is 11.4. The van der Waals surface area contributed by atoms with Gasteiger partial charge < -0.3 is 4.84 Å². The monoisotopic (exact) mass is 197 g/mol. The second-order valence-corrected chi connectivity index (χ2v) is 3.82. The Kier molecular flexibility index (Phi) is 5.27. The maximum atomic E-state index is 11.4. The van der Waals surface area contributed by atoms with Crippen molar-refractivity contribution in [2.45, 2.75) is 51.9 Å². The van der Waals surface area contributed by atoms with Crippen LogP contribution >= 0.6 is 0 Å². The van der Waals surface area contributed by atoms with Crippen molar-refractivity contribution in [1.82, 2.24) is 0 Å². The highest BCUT2D eigenvalue weighted by Gasteiger charge is 2.22. The molecule has 0 amide bonds. The Morgan fingerprint density at radius 2 is 2.14 bits per heavy atom. The molecule has 1 rings (SSSR count). The van der Waals surface area contributed by atoms with E-state index < -0.39 is 0 Å². The Morgan fingerprint density at radius 1 is 1.43 bits per heavy atom. The van der Waals surface area contributed by atoms with Crippen LogP contribution in [-0.2, 0) is 9.63 Å². The summed E-state index contributed by atoms with van der Waals surface area (Å²) in [4.78, 5) is 16.2. The van der Waals surface area contributed by atoms with E-state index in [1.54, 1.807) is 6.21 Å². The van der Waals surface area contributed by atoms with Crippen LogP contribution in [0.15, 0.2) is 5.16 Å². The first-order valence-corrected chi connectivity index (χ1v) is 5.57. The average Bonchev–Trinajstić information content (AvgIpc) is 2.25. The summed E-state index contributed by atoms with van der Waals surface area (Å²) >= 11 is 0. The highest BCUT2D eigenvalue weighted by Crippen LogP contribution is 2.24. The van der Waals surface area contributed by atoms with Gasteiger partial charge in [-0.05, 0) is 19.3 Å². The molecule has 3 nitrogen and oxygen atoms in total. The van der Waals surface area contributed by atoms with Crippen LogP contribution in [0, 0.1) is 5.92 Å². The second kappa shape index (κ2) is 6.57. The van der Waals surface area contributed by atoms with E-state index in [-0.39, 0.29) is 11.9 Å². The van der Waals surface area contributed by atoms with Gasteiger partial charge >= 0.3 is 5.97 Å². The fraction of sp³-hybridized carbons (Fsp3) is 0.818. The summed E-state index contributed by atoms with van der Waals surface area (Å²) < 4.78 is 0. The molecule has 0 heterocycles. The summed E-state index contributed by atoms with van der Waals surface area (Å²) in [6.45, 7) is 2.06. The zero-order chi connectivity index (χ0) is 10.2. The van der Waals surface area contributed by atoms with Gasteiger partial charge in [0.1, 0.15) is 0 Å². The number of nitrogens with zero attached hydrogens (tertiary/aromatic N) is 1. The highest BCUT2D eigenvalue weighted by molar-refractivity contribution is 5.73. The Bertz CT molecular complexity index is 195. The Morgan fingerprint density at radius 3 is 2.79 bits per heavy atom. The largest absolute Gasteiger partial charge is 0.338 e. The Balaban J connectivity index is 2.19. The Labute approximate surface area is 85.5 Å². The highest BCUT2D eigenvalue weighted by atomic mass is 16.7. The number of carbonyl (C=O) groups is 1. The van der Waals surface area contributed by atoms with Crippen molar-refractivity contribution in [1.29, 1.82) is 0 Å². The van der Waals surface area contributed by atoms with Crippen LogP contribution in [0.4, 0.5) is 0 Å². The minimum Gasteiger partial charge on any atom is -0.318 e. The van der Waals surface area contributed by atoms with Crippen molar-refractivity contribution in [2.24, 2.45) is 11.1 Å². The van der Waals surface area contributed by atoms with Gasteiger partial charge in [-0.1, -0.05) is 37.8 Å². The first kappa shape index (κ1) is 11.2. The number of oxime groups is 1. The molecule has 14 heavy (non-hydrogen) atoms. The fourth-order valence-electron chi connectivity index (χ4n) is 1.68. The third-order valence-electron chi connectivity index (χ3n) is 2.57. The number of hydrogen-bond acceptors (Lipinski definition) is 3. The molecule has 0 spiro atoms. The number of rotatable bonds is 4. The predicted octanol–water partition coefficient (Wildman–Crippen LogP) is 2.90. The van der Waals surface area contributed by atoms with Crippen LogP contribution in [0.2, 0.25) is 0 Å². The number of hydrogen-bond donors (Lipinski definition) is 0. The van der Waals surface area contributed by atoms with E-state index in [1.807, 2.05) is 0 Å². The molecule has 1 saturated carbocycles. The molecule has 0 aromatic heterocycles. The van der Waals surface area contributed by atoms with E-state index in [1.165, 1.54) is 6.42 Å². The van der Waals surface area contributed by atoms with Gasteiger partial charge in [-0.25, -0.2) is 4.79 Å². The van der Waals surface area contributed by atoms with Crippen LogP contribution < -0.4 is 0 Å². The minimum atomic E-state index is -0.142. The normalized spacial score (nSPS) is 18.6. The van der Waals surface area contributed by atoms with Gasteiger partial charge in [0.2, 0.25) is 0 Å². The van der Waals surface area contributed by atoms with Crippen molar-refractivity contribution in [2.75, 3.05) is 0 Å². The van der Waals surface area contributed by atoms with Crippen molar-refractivity contribution >= 4 is 12.2 Å². The van der Waals surface area contributed by atoms with E-state index in [4.69, 9.17) is 4.84 Å². The van der Waals surface area contributed by atoms with Crippen LogP contribution in [0.3, 0.4) is 0 Å². The van der Waals surface area contributed by atoms with Gasteiger partial charge in [0.05, 0.1) is 5.92 Å². The molecule has 1 aliphatic rings. The fourth-order valence-corrected chi connectivity index (χ4v) is 1.68. The predicted molar refractivity (Wildman–Crippen MR) is 56.1 cm³/mol. The SMILES string of the molecule is CCCC=NOC(=O)C1CCCCC1. The van der Waals surface area contributed by atoms with E-state index in [0.717, 1.165) is 38.5 Å². The lowest BCUT2D eigenvalue weighted by Gasteiger charge is -2.17. The summed E-state index contributed by atoms with van der Waals surface area (Å²) in [5.41, 5.74) is 0. The number of unbranched alkanes of at least 4 members (excludes halogenated alkanes) is 1. The smallest absolute Gasteiger partial charge is 0.318 e. The van der Waals surface area contributed by atoms with Crippen LogP contribution in [-0.4, -0.2) is 12.2 Å². The summed E-state index contributed by atoms with van der Waals surface area (Å²) in [6.07, 6.45) is 9.08. The third kappa shape index (κ3) is 3.90. The Hall–Kier alpha value is -0.860. The molecule has 80 valence electrons. The molecule has 1 aliphatic carbocycles.